The topological polar surface area (TPSA) is 64.1 Å². The third kappa shape index (κ3) is 4.75. The second-order valence-corrected chi connectivity index (χ2v) is 6.51. The molecule has 5 nitrogen and oxygen atoms in total. The molecule has 0 saturated heterocycles. The molecule has 2 aromatic rings. The highest BCUT2D eigenvalue weighted by Gasteiger charge is 2.24. The van der Waals surface area contributed by atoms with E-state index in [0.29, 0.717) is 11.6 Å². The van der Waals surface area contributed by atoms with Gasteiger partial charge in [0.1, 0.15) is 11.9 Å². The maximum absolute atomic E-state index is 13.2. The summed E-state index contributed by atoms with van der Waals surface area (Å²) in [6.45, 7) is 3.83. The van der Waals surface area contributed by atoms with Crippen molar-refractivity contribution in [3.63, 3.8) is 0 Å². The standard InChI is InChI=1S/C19H22FN3O2/c1-12-10-13(2)22-19(21-12)25-17-8-6-16(7-9-17)23-18(24)14-4-3-5-15(20)11-14/h3-5,10-11,16-17H,6-9H2,1-2H3,(H,23,24). The number of halogens is 1. The Morgan fingerprint density at radius 1 is 1.12 bits per heavy atom. The van der Waals surface area contributed by atoms with Crippen molar-refractivity contribution in [1.82, 2.24) is 15.3 Å². The van der Waals surface area contributed by atoms with E-state index in [0.717, 1.165) is 37.1 Å². The largest absolute Gasteiger partial charge is 0.460 e. The van der Waals surface area contributed by atoms with E-state index in [1.807, 2.05) is 19.9 Å². The molecule has 132 valence electrons. The highest BCUT2D eigenvalue weighted by Crippen LogP contribution is 2.23. The molecule has 0 aliphatic heterocycles. The first kappa shape index (κ1) is 17.3. The molecule has 25 heavy (non-hydrogen) atoms. The van der Waals surface area contributed by atoms with Gasteiger partial charge in [-0.05, 0) is 63.8 Å². The smallest absolute Gasteiger partial charge is 0.317 e. The number of benzene rings is 1. The predicted octanol–water partition coefficient (Wildman–Crippen LogP) is 3.35. The Morgan fingerprint density at radius 2 is 1.80 bits per heavy atom. The Labute approximate surface area is 146 Å². The van der Waals surface area contributed by atoms with Gasteiger partial charge in [-0.2, -0.15) is 0 Å². The van der Waals surface area contributed by atoms with Gasteiger partial charge in [-0.1, -0.05) is 6.07 Å². The molecule has 1 amide bonds. The van der Waals surface area contributed by atoms with Gasteiger partial charge in [-0.25, -0.2) is 14.4 Å². The highest BCUT2D eigenvalue weighted by atomic mass is 19.1. The zero-order valence-electron chi connectivity index (χ0n) is 14.5. The van der Waals surface area contributed by atoms with Crippen molar-refractivity contribution in [3.05, 3.63) is 53.1 Å². The van der Waals surface area contributed by atoms with Gasteiger partial charge in [0, 0.05) is 23.0 Å². The van der Waals surface area contributed by atoms with Crippen molar-refractivity contribution in [1.29, 1.82) is 0 Å². The number of nitrogens with zero attached hydrogens (tertiary/aromatic N) is 2. The van der Waals surface area contributed by atoms with Gasteiger partial charge in [-0.3, -0.25) is 4.79 Å². The lowest BCUT2D eigenvalue weighted by molar-refractivity contribution is 0.0884. The third-order valence-electron chi connectivity index (χ3n) is 4.33. The molecule has 1 aliphatic rings. The third-order valence-corrected chi connectivity index (χ3v) is 4.33. The second kappa shape index (κ2) is 7.59. The molecule has 3 rings (SSSR count). The fourth-order valence-corrected chi connectivity index (χ4v) is 3.12. The first-order chi connectivity index (χ1) is 12.0. The Kier molecular flexibility index (Phi) is 5.26. The molecule has 1 heterocycles. The van der Waals surface area contributed by atoms with Crippen LogP contribution in [0.5, 0.6) is 6.01 Å². The molecular formula is C19H22FN3O2. The van der Waals surface area contributed by atoms with Crippen LogP contribution in [0.3, 0.4) is 0 Å². The molecular weight excluding hydrogens is 321 g/mol. The van der Waals surface area contributed by atoms with Crippen LogP contribution in [0.1, 0.15) is 47.4 Å². The van der Waals surface area contributed by atoms with Crippen molar-refractivity contribution in [2.24, 2.45) is 0 Å². The van der Waals surface area contributed by atoms with Crippen LogP contribution >= 0.6 is 0 Å². The normalized spacial score (nSPS) is 20.1. The number of nitrogens with one attached hydrogen (secondary N) is 1. The molecule has 1 aromatic heterocycles. The Morgan fingerprint density at radius 3 is 2.44 bits per heavy atom. The molecule has 1 aromatic carbocycles. The lowest BCUT2D eigenvalue weighted by Gasteiger charge is -2.29. The van der Waals surface area contributed by atoms with Gasteiger partial charge in [0.15, 0.2) is 0 Å². The van der Waals surface area contributed by atoms with E-state index in [9.17, 15) is 9.18 Å². The summed E-state index contributed by atoms with van der Waals surface area (Å²) in [6, 6.07) is 8.14. The minimum Gasteiger partial charge on any atom is -0.460 e. The van der Waals surface area contributed by atoms with Crippen molar-refractivity contribution >= 4 is 5.91 Å². The summed E-state index contributed by atoms with van der Waals surface area (Å²) in [7, 11) is 0. The SMILES string of the molecule is Cc1cc(C)nc(OC2CCC(NC(=O)c3cccc(F)c3)CC2)n1. The highest BCUT2D eigenvalue weighted by molar-refractivity contribution is 5.94. The van der Waals surface area contributed by atoms with Crippen molar-refractivity contribution in [2.45, 2.75) is 51.7 Å². The van der Waals surface area contributed by atoms with Crippen LogP contribution in [-0.2, 0) is 0 Å². The van der Waals surface area contributed by atoms with Crippen LogP contribution in [0.2, 0.25) is 0 Å². The van der Waals surface area contributed by atoms with Crippen LogP contribution in [0.25, 0.3) is 0 Å². The van der Waals surface area contributed by atoms with Crippen LogP contribution in [0.15, 0.2) is 30.3 Å². The zero-order chi connectivity index (χ0) is 17.8. The second-order valence-electron chi connectivity index (χ2n) is 6.51. The molecule has 0 unspecified atom stereocenters. The molecule has 1 N–H and O–H groups in total. The minimum absolute atomic E-state index is 0.0588. The summed E-state index contributed by atoms with van der Waals surface area (Å²) in [5.41, 5.74) is 2.12. The summed E-state index contributed by atoms with van der Waals surface area (Å²) in [5, 5.41) is 2.97. The molecule has 6 heteroatoms. The quantitative estimate of drug-likeness (QED) is 0.925. The summed E-state index contributed by atoms with van der Waals surface area (Å²) < 4.78 is 19.1. The minimum atomic E-state index is -0.404. The number of aromatic nitrogens is 2. The number of hydrogen-bond donors (Lipinski definition) is 1. The first-order valence-corrected chi connectivity index (χ1v) is 8.55. The summed E-state index contributed by atoms with van der Waals surface area (Å²) >= 11 is 0. The molecule has 0 atom stereocenters. The lowest BCUT2D eigenvalue weighted by Crippen LogP contribution is -2.39. The van der Waals surface area contributed by atoms with E-state index < -0.39 is 5.82 Å². The number of ether oxygens (including phenoxy) is 1. The number of rotatable bonds is 4. The molecule has 1 saturated carbocycles. The van der Waals surface area contributed by atoms with Crippen LogP contribution in [0, 0.1) is 19.7 Å². The van der Waals surface area contributed by atoms with Gasteiger partial charge in [0.25, 0.3) is 5.91 Å². The van der Waals surface area contributed by atoms with Crippen molar-refractivity contribution in [2.75, 3.05) is 0 Å². The summed E-state index contributed by atoms with van der Waals surface area (Å²) in [6.07, 6.45) is 3.34. The fraction of sp³-hybridized carbons (Fsp3) is 0.421. The van der Waals surface area contributed by atoms with E-state index in [1.165, 1.54) is 12.1 Å². The van der Waals surface area contributed by atoms with Gasteiger partial charge < -0.3 is 10.1 Å². The maximum Gasteiger partial charge on any atom is 0.317 e. The maximum atomic E-state index is 13.2. The Balaban J connectivity index is 1.51. The van der Waals surface area contributed by atoms with Crippen LogP contribution < -0.4 is 10.1 Å². The van der Waals surface area contributed by atoms with Gasteiger partial charge in [0.2, 0.25) is 0 Å². The number of carbonyl (C=O) groups excluding carboxylic acids is 1. The Bertz CT molecular complexity index is 738. The van der Waals surface area contributed by atoms with E-state index in [1.54, 1.807) is 12.1 Å². The van der Waals surface area contributed by atoms with Gasteiger partial charge in [0.05, 0.1) is 0 Å². The van der Waals surface area contributed by atoms with E-state index in [2.05, 4.69) is 15.3 Å². The average Bonchev–Trinajstić information content (AvgIpc) is 2.56. The number of hydrogen-bond acceptors (Lipinski definition) is 4. The molecule has 0 radical (unpaired) electrons. The van der Waals surface area contributed by atoms with Crippen LogP contribution in [-0.4, -0.2) is 28.0 Å². The van der Waals surface area contributed by atoms with Gasteiger partial charge >= 0.3 is 6.01 Å². The predicted molar refractivity (Wildman–Crippen MR) is 92.0 cm³/mol. The molecule has 0 bridgehead atoms. The van der Waals surface area contributed by atoms with Crippen LogP contribution in [0.4, 0.5) is 4.39 Å². The number of amides is 1. The Hall–Kier alpha value is -2.50. The monoisotopic (exact) mass is 343 g/mol. The van der Waals surface area contributed by atoms with E-state index in [4.69, 9.17) is 4.74 Å². The molecule has 1 fully saturated rings. The average molecular weight is 343 g/mol. The first-order valence-electron chi connectivity index (χ1n) is 8.55. The summed E-state index contributed by atoms with van der Waals surface area (Å²) in [4.78, 5) is 20.8. The zero-order valence-corrected chi connectivity index (χ0v) is 14.5. The fourth-order valence-electron chi connectivity index (χ4n) is 3.12. The molecule has 0 spiro atoms. The van der Waals surface area contributed by atoms with E-state index >= 15 is 0 Å². The lowest BCUT2D eigenvalue weighted by atomic mass is 9.92. The summed E-state index contributed by atoms with van der Waals surface area (Å²) in [5.74, 6) is -0.639. The van der Waals surface area contributed by atoms with Crippen molar-refractivity contribution in [3.8, 4) is 6.01 Å². The van der Waals surface area contributed by atoms with Gasteiger partial charge in [-0.15, -0.1) is 0 Å². The van der Waals surface area contributed by atoms with E-state index in [-0.39, 0.29) is 18.1 Å². The number of carbonyl (C=O) groups is 1. The van der Waals surface area contributed by atoms with Crippen molar-refractivity contribution < 1.29 is 13.9 Å². The number of aryl methyl sites for hydroxylation is 2. The molecule has 1 aliphatic carbocycles.